The van der Waals surface area contributed by atoms with Crippen molar-refractivity contribution in [1.82, 2.24) is 14.9 Å². The third-order valence-corrected chi connectivity index (χ3v) is 6.43. The first kappa shape index (κ1) is 19.0. The van der Waals surface area contributed by atoms with Crippen LogP contribution in [0.1, 0.15) is 32.1 Å². The van der Waals surface area contributed by atoms with Crippen LogP contribution in [0.4, 0.5) is 5.82 Å². The molecule has 1 aromatic heterocycles. The van der Waals surface area contributed by atoms with Gasteiger partial charge in [-0.25, -0.2) is 9.97 Å². The summed E-state index contributed by atoms with van der Waals surface area (Å²) in [4.78, 5) is 26.5. The van der Waals surface area contributed by atoms with Crippen LogP contribution in [0.25, 0.3) is 22.3 Å². The summed E-state index contributed by atoms with van der Waals surface area (Å²) in [6.07, 6.45) is 5.14. The minimum atomic E-state index is 0.345. The third kappa shape index (κ3) is 3.89. The summed E-state index contributed by atoms with van der Waals surface area (Å²) < 4.78 is 0. The minimum Gasteiger partial charge on any atom is -0.356 e. The van der Waals surface area contributed by atoms with Crippen LogP contribution >= 0.6 is 0 Å². The van der Waals surface area contributed by atoms with Crippen LogP contribution in [0.15, 0.2) is 54.6 Å². The molecule has 3 heterocycles. The van der Waals surface area contributed by atoms with Gasteiger partial charge in [0.1, 0.15) is 5.82 Å². The van der Waals surface area contributed by atoms with Gasteiger partial charge in [-0.1, -0.05) is 42.5 Å². The lowest BCUT2D eigenvalue weighted by molar-refractivity contribution is -0.134. The molecule has 0 spiro atoms. The molecule has 1 amide bonds. The highest BCUT2D eigenvalue weighted by molar-refractivity contribution is 5.91. The fourth-order valence-electron chi connectivity index (χ4n) is 4.71. The largest absolute Gasteiger partial charge is 0.356 e. The summed E-state index contributed by atoms with van der Waals surface area (Å²) in [5.41, 5.74) is 2.03. The van der Waals surface area contributed by atoms with Crippen molar-refractivity contribution in [2.75, 3.05) is 31.1 Å². The van der Waals surface area contributed by atoms with E-state index in [9.17, 15) is 4.79 Å². The first-order valence-corrected chi connectivity index (χ1v) is 11.1. The van der Waals surface area contributed by atoms with Crippen molar-refractivity contribution in [3.05, 3.63) is 54.6 Å². The summed E-state index contributed by atoms with van der Waals surface area (Å²) >= 11 is 0. The van der Waals surface area contributed by atoms with Crippen molar-refractivity contribution >= 4 is 22.6 Å². The van der Waals surface area contributed by atoms with Gasteiger partial charge in [-0.2, -0.15) is 0 Å². The van der Waals surface area contributed by atoms with Gasteiger partial charge in [0.05, 0.1) is 5.52 Å². The molecule has 2 aliphatic heterocycles. The zero-order chi connectivity index (χ0) is 20.3. The van der Waals surface area contributed by atoms with Crippen molar-refractivity contribution in [3.63, 3.8) is 0 Å². The number of benzene rings is 2. The monoisotopic (exact) mass is 400 g/mol. The fraction of sp³-hybridized carbons (Fsp3) is 0.400. The average Bonchev–Trinajstić information content (AvgIpc) is 2.81. The molecule has 0 saturated carbocycles. The number of hydrogen-bond acceptors (Lipinski definition) is 4. The molecule has 0 N–H and O–H groups in total. The standard InChI is InChI=1S/C25H28N4O/c30-23-12-6-7-15-29(23)18-19-13-16-28(17-14-19)25-21-10-4-5-11-22(21)26-24(27-25)20-8-2-1-3-9-20/h1-5,8-11,19H,6-7,12-18H2. The highest BCUT2D eigenvalue weighted by atomic mass is 16.2. The number of anilines is 1. The second-order valence-electron chi connectivity index (χ2n) is 8.48. The number of para-hydroxylation sites is 1. The molecule has 30 heavy (non-hydrogen) atoms. The van der Waals surface area contributed by atoms with Gasteiger partial charge in [-0.3, -0.25) is 4.79 Å². The molecule has 0 radical (unpaired) electrons. The summed E-state index contributed by atoms with van der Waals surface area (Å²) in [5.74, 6) is 2.75. The minimum absolute atomic E-state index is 0.345. The van der Waals surface area contributed by atoms with Gasteiger partial charge >= 0.3 is 0 Å². The Kier molecular flexibility index (Phi) is 5.35. The van der Waals surface area contributed by atoms with Crippen molar-refractivity contribution in [2.45, 2.75) is 32.1 Å². The lowest BCUT2D eigenvalue weighted by Gasteiger charge is -2.37. The molecule has 5 heteroatoms. The number of carbonyl (C=O) groups is 1. The lowest BCUT2D eigenvalue weighted by Crippen LogP contribution is -2.43. The lowest BCUT2D eigenvalue weighted by atomic mass is 9.95. The highest BCUT2D eigenvalue weighted by Gasteiger charge is 2.26. The SMILES string of the molecule is O=C1CCCCN1CC1CCN(c2nc(-c3ccccc3)nc3ccccc23)CC1. The number of aromatic nitrogens is 2. The van der Waals surface area contributed by atoms with Gasteiger partial charge in [0, 0.05) is 43.5 Å². The van der Waals surface area contributed by atoms with E-state index in [1.54, 1.807) is 0 Å². The van der Waals surface area contributed by atoms with E-state index >= 15 is 0 Å². The zero-order valence-electron chi connectivity index (χ0n) is 17.3. The maximum absolute atomic E-state index is 12.2. The highest BCUT2D eigenvalue weighted by Crippen LogP contribution is 2.31. The molecule has 0 unspecified atom stereocenters. The zero-order valence-corrected chi connectivity index (χ0v) is 17.3. The summed E-state index contributed by atoms with van der Waals surface area (Å²) in [7, 11) is 0. The number of likely N-dealkylation sites (tertiary alicyclic amines) is 1. The number of nitrogens with zero attached hydrogens (tertiary/aromatic N) is 4. The number of carbonyl (C=O) groups excluding carboxylic acids is 1. The Labute approximate surface area is 177 Å². The Bertz CT molecular complexity index is 1030. The Balaban J connectivity index is 1.37. The Hall–Kier alpha value is -2.95. The van der Waals surface area contributed by atoms with Gasteiger partial charge in [-0.15, -0.1) is 0 Å². The first-order valence-electron chi connectivity index (χ1n) is 11.1. The number of amides is 1. The van der Waals surface area contributed by atoms with Gasteiger partial charge in [0.15, 0.2) is 5.82 Å². The van der Waals surface area contributed by atoms with E-state index in [0.717, 1.165) is 86.4 Å². The number of hydrogen-bond donors (Lipinski definition) is 0. The number of rotatable bonds is 4. The van der Waals surface area contributed by atoms with Crippen LogP contribution in [-0.4, -0.2) is 47.0 Å². The molecule has 2 fully saturated rings. The van der Waals surface area contributed by atoms with Crippen LogP contribution in [0.3, 0.4) is 0 Å². The molecular formula is C25H28N4O. The Morgan fingerprint density at radius 1 is 0.867 bits per heavy atom. The van der Waals surface area contributed by atoms with E-state index in [2.05, 4.69) is 40.1 Å². The van der Waals surface area contributed by atoms with Crippen molar-refractivity contribution in [2.24, 2.45) is 5.92 Å². The molecule has 5 nitrogen and oxygen atoms in total. The Morgan fingerprint density at radius 2 is 1.63 bits per heavy atom. The normalized spacial score (nSPS) is 18.2. The maximum Gasteiger partial charge on any atom is 0.222 e. The second-order valence-corrected chi connectivity index (χ2v) is 8.48. The third-order valence-electron chi connectivity index (χ3n) is 6.43. The van der Waals surface area contributed by atoms with Gasteiger partial charge in [0.2, 0.25) is 5.91 Å². The van der Waals surface area contributed by atoms with E-state index < -0.39 is 0 Å². The molecule has 0 atom stereocenters. The molecule has 0 aliphatic carbocycles. The van der Waals surface area contributed by atoms with Crippen molar-refractivity contribution in [1.29, 1.82) is 0 Å². The van der Waals surface area contributed by atoms with Crippen LogP contribution in [0, 0.1) is 5.92 Å². The van der Waals surface area contributed by atoms with Crippen LogP contribution in [0.2, 0.25) is 0 Å². The topological polar surface area (TPSA) is 49.3 Å². The average molecular weight is 401 g/mol. The van der Waals surface area contributed by atoms with E-state index in [0.29, 0.717) is 11.8 Å². The number of piperidine rings is 2. The van der Waals surface area contributed by atoms with E-state index in [1.165, 1.54) is 0 Å². The quantitative estimate of drug-likeness (QED) is 0.646. The van der Waals surface area contributed by atoms with Crippen LogP contribution in [-0.2, 0) is 4.79 Å². The van der Waals surface area contributed by atoms with Crippen molar-refractivity contribution in [3.8, 4) is 11.4 Å². The molecule has 154 valence electrons. The second kappa shape index (κ2) is 8.42. The summed E-state index contributed by atoms with van der Waals surface area (Å²) in [6, 6.07) is 18.5. The predicted octanol–water partition coefficient (Wildman–Crippen LogP) is 4.53. The molecule has 2 aromatic carbocycles. The molecule has 2 aliphatic rings. The van der Waals surface area contributed by atoms with E-state index in [4.69, 9.17) is 9.97 Å². The van der Waals surface area contributed by atoms with Crippen LogP contribution in [0.5, 0.6) is 0 Å². The van der Waals surface area contributed by atoms with Crippen molar-refractivity contribution < 1.29 is 4.79 Å². The Morgan fingerprint density at radius 3 is 2.43 bits per heavy atom. The maximum atomic E-state index is 12.2. The van der Waals surface area contributed by atoms with E-state index in [-0.39, 0.29) is 0 Å². The van der Waals surface area contributed by atoms with Gasteiger partial charge in [0.25, 0.3) is 0 Å². The molecule has 0 bridgehead atoms. The van der Waals surface area contributed by atoms with E-state index in [1.807, 2.05) is 24.3 Å². The predicted molar refractivity (Wildman–Crippen MR) is 120 cm³/mol. The van der Waals surface area contributed by atoms with Gasteiger partial charge < -0.3 is 9.80 Å². The van der Waals surface area contributed by atoms with Gasteiger partial charge in [-0.05, 0) is 43.7 Å². The molecular weight excluding hydrogens is 372 g/mol. The first-order chi connectivity index (χ1) is 14.8. The molecule has 3 aromatic rings. The van der Waals surface area contributed by atoms with Crippen LogP contribution < -0.4 is 4.90 Å². The fourth-order valence-corrected chi connectivity index (χ4v) is 4.71. The smallest absolute Gasteiger partial charge is 0.222 e. The summed E-state index contributed by atoms with van der Waals surface area (Å²) in [6.45, 7) is 3.81. The number of fused-ring (bicyclic) bond motifs is 1. The summed E-state index contributed by atoms with van der Waals surface area (Å²) in [5, 5.41) is 1.11. The molecule has 5 rings (SSSR count). The molecule has 2 saturated heterocycles.